The van der Waals surface area contributed by atoms with Crippen molar-refractivity contribution in [3.8, 4) is 5.88 Å². The molecule has 2 aromatic heterocycles. The summed E-state index contributed by atoms with van der Waals surface area (Å²) in [6.07, 6.45) is 1.95. The Labute approximate surface area is 152 Å². The highest BCUT2D eigenvalue weighted by molar-refractivity contribution is 5.79. The van der Waals surface area contributed by atoms with Crippen molar-refractivity contribution < 1.29 is 9.53 Å². The maximum absolute atomic E-state index is 12.4. The van der Waals surface area contributed by atoms with E-state index in [0.29, 0.717) is 18.4 Å². The second-order valence-electron chi connectivity index (χ2n) is 7.26. The Morgan fingerprint density at radius 3 is 2.69 bits per heavy atom. The number of hydrogen-bond donors (Lipinski definition) is 2. The van der Waals surface area contributed by atoms with Crippen LogP contribution in [0.3, 0.4) is 0 Å². The van der Waals surface area contributed by atoms with E-state index < -0.39 is 0 Å². The molecule has 0 aliphatic carbocycles. The molecule has 2 N–H and O–H groups in total. The molecule has 4 rings (SSSR count). The number of hydrogen-bond acceptors (Lipinski definition) is 6. The molecular formula is C18H26N6O2. The molecule has 26 heavy (non-hydrogen) atoms. The predicted molar refractivity (Wildman–Crippen MR) is 96.8 cm³/mol. The summed E-state index contributed by atoms with van der Waals surface area (Å²) in [5, 5.41) is 4.53. The Hall–Kier alpha value is -2.19. The Bertz CT molecular complexity index is 790. The second-order valence-corrected chi connectivity index (χ2v) is 7.26. The summed E-state index contributed by atoms with van der Waals surface area (Å²) in [7, 11) is 0. The number of carbonyl (C=O) groups excluding carboxylic acids is 1. The highest BCUT2D eigenvalue weighted by Crippen LogP contribution is 2.21. The Morgan fingerprint density at radius 2 is 1.96 bits per heavy atom. The van der Waals surface area contributed by atoms with Gasteiger partial charge in [0.15, 0.2) is 5.65 Å². The van der Waals surface area contributed by atoms with Crippen LogP contribution in [0, 0.1) is 25.7 Å². The monoisotopic (exact) mass is 358 g/mol. The molecule has 8 nitrogen and oxygen atoms in total. The summed E-state index contributed by atoms with van der Waals surface area (Å²) < 4.78 is 7.76. The van der Waals surface area contributed by atoms with Crippen molar-refractivity contribution in [1.82, 2.24) is 30.3 Å². The van der Waals surface area contributed by atoms with E-state index in [2.05, 4.69) is 20.9 Å². The molecule has 0 bridgehead atoms. The first-order valence-electron chi connectivity index (χ1n) is 9.32. The summed E-state index contributed by atoms with van der Waals surface area (Å²) in [4.78, 5) is 18.9. The highest BCUT2D eigenvalue weighted by Gasteiger charge is 2.30. The maximum Gasteiger partial charge on any atom is 0.231 e. The summed E-state index contributed by atoms with van der Waals surface area (Å²) in [6.45, 7) is 7.71. The average Bonchev–Trinajstić information content (AvgIpc) is 3.29. The van der Waals surface area contributed by atoms with Crippen LogP contribution in [0.5, 0.6) is 5.88 Å². The minimum atomic E-state index is 0.0700. The van der Waals surface area contributed by atoms with Gasteiger partial charge < -0.3 is 9.64 Å². The largest absolute Gasteiger partial charge is 0.476 e. The molecule has 140 valence electrons. The van der Waals surface area contributed by atoms with Gasteiger partial charge in [0.05, 0.1) is 23.9 Å². The number of rotatable bonds is 4. The van der Waals surface area contributed by atoms with Gasteiger partial charge in [0.1, 0.15) is 0 Å². The van der Waals surface area contributed by atoms with Gasteiger partial charge >= 0.3 is 0 Å². The maximum atomic E-state index is 12.4. The van der Waals surface area contributed by atoms with Crippen LogP contribution >= 0.6 is 0 Å². The molecule has 2 aliphatic heterocycles. The van der Waals surface area contributed by atoms with Crippen LogP contribution in [0.4, 0.5) is 0 Å². The van der Waals surface area contributed by atoms with E-state index in [1.807, 2.05) is 35.4 Å². The fourth-order valence-corrected chi connectivity index (χ4v) is 3.63. The molecule has 2 fully saturated rings. The van der Waals surface area contributed by atoms with Gasteiger partial charge in [0.2, 0.25) is 11.8 Å². The van der Waals surface area contributed by atoms with Gasteiger partial charge in [0.25, 0.3) is 0 Å². The standard InChI is InChI=1S/C18H26N6O2/c1-12-13(2)24-16(21-12)3-4-17(22-24)26-11-14-5-7-23(8-6-14)18(25)15-9-19-20-10-15/h3-4,14-15,19-20H,5-11H2,1-2H3. The zero-order valence-corrected chi connectivity index (χ0v) is 15.4. The molecule has 2 aromatic rings. The third kappa shape index (κ3) is 3.39. The van der Waals surface area contributed by atoms with Crippen molar-refractivity contribution in [2.45, 2.75) is 26.7 Å². The van der Waals surface area contributed by atoms with Gasteiger partial charge in [-0.15, -0.1) is 5.10 Å². The third-order valence-electron chi connectivity index (χ3n) is 5.48. The lowest BCUT2D eigenvalue weighted by Crippen LogP contribution is -2.43. The zero-order valence-electron chi connectivity index (χ0n) is 15.4. The van der Waals surface area contributed by atoms with Crippen molar-refractivity contribution in [2.75, 3.05) is 32.8 Å². The topological polar surface area (TPSA) is 83.8 Å². The van der Waals surface area contributed by atoms with E-state index >= 15 is 0 Å². The van der Waals surface area contributed by atoms with E-state index in [4.69, 9.17) is 4.74 Å². The predicted octanol–water partition coefficient (Wildman–Crippen LogP) is 0.688. The van der Waals surface area contributed by atoms with E-state index in [1.54, 1.807) is 0 Å². The lowest BCUT2D eigenvalue weighted by Gasteiger charge is -2.33. The van der Waals surface area contributed by atoms with Gasteiger partial charge in [-0.1, -0.05) is 0 Å². The fourth-order valence-electron chi connectivity index (χ4n) is 3.63. The SMILES string of the molecule is Cc1nc2ccc(OCC3CCN(C(=O)C4CNNC4)CC3)nn2c1C. The van der Waals surface area contributed by atoms with E-state index in [9.17, 15) is 4.79 Å². The van der Waals surface area contributed by atoms with Crippen LogP contribution in [-0.2, 0) is 4.79 Å². The molecule has 8 heteroatoms. The minimum absolute atomic E-state index is 0.0700. The number of amides is 1. The number of fused-ring (bicyclic) bond motifs is 1. The molecule has 0 atom stereocenters. The number of aromatic nitrogens is 3. The van der Waals surface area contributed by atoms with Crippen molar-refractivity contribution in [3.05, 3.63) is 23.5 Å². The third-order valence-corrected chi connectivity index (χ3v) is 5.48. The number of nitrogens with one attached hydrogen (secondary N) is 2. The van der Waals surface area contributed by atoms with Crippen LogP contribution in [0.15, 0.2) is 12.1 Å². The molecule has 4 heterocycles. The Kier molecular flexibility index (Phi) is 4.78. The fraction of sp³-hybridized carbons (Fsp3) is 0.611. The highest BCUT2D eigenvalue weighted by atomic mass is 16.5. The lowest BCUT2D eigenvalue weighted by atomic mass is 9.96. The average molecular weight is 358 g/mol. The van der Waals surface area contributed by atoms with Gasteiger partial charge in [-0.2, -0.15) is 0 Å². The first-order chi connectivity index (χ1) is 12.6. The van der Waals surface area contributed by atoms with Crippen LogP contribution in [0.2, 0.25) is 0 Å². The second kappa shape index (κ2) is 7.20. The first-order valence-corrected chi connectivity index (χ1v) is 9.32. The van der Waals surface area contributed by atoms with Crippen molar-refractivity contribution in [3.63, 3.8) is 0 Å². The number of piperidine rings is 1. The normalized spacial score (nSPS) is 19.4. The number of hydrazine groups is 1. The summed E-state index contributed by atoms with van der Waals surface area (Å²) >= 11 is 0. The van der Waals surface area contributed by atoms with Crippen LogP contribution in [0.1, 0.15) is 24.2 Å². The molecule has 1 amide bonds. The zero-order chi connectivity index (χ0) is 18.1. The first kappa shape index (κ1) is 17.2. The molecule has 0 spiro atoms. The summed E-state index contributed by atoms with van der Waals surface area (Å²) in [5.74, 6) is 1.42. The molecule has 2 aliphatic rings. The number of imidazole rings is 1. The Balaban J connectivity index is 1.29. The van der Waals surface area contributed by atoms with Crippen LogP contribution < -0.4 is 15.6 Å². The number of aryl methyl sites for hydroxylation is 2. The van der Waals surface area contributed by atoms with Gasteiger partial charge in [-0.05, 0) is 38.7 Å². The number of nitrogens with zero attached hydrogens (tertiary/aromatic N) is 4. The van der Waals surface area contributed by atoms with Crippen LogP contribution in [-0.4, -0.2) is 58.2 Å². The van der Waals surface area contributed by atoms with E-state index in [0.717, 1.165) is 56.1 Å². The van der Waals surface area contributed by atoms with Gasteiger partial charge in [0, 0.05) is 32.2 Å². The number of carbonyl (C=O) groups is 1. The molecule has 0 unspecified atom stereocenters. The molecular weight excluding hydrogens is 332 g/mol. The lowest BCUT2D eigenvalue weighted by molar-refractivity contribution is -0.136. The number of likely N-dealkylation sites (tertiary alicyclic amines) is 1. The van der Waals surface area contributed by atoms with Gasteiger partial charge in [-0.3, -0.25) is 15.6 Å². The summed E-state index contributed by atoms with van der Waals surface area (Å²) in [5.41, 5.74) is 8.92. The molecule has 0 saturated carbocycles. The smallest absolute Gasteiger partial charge is 0.231 e. The van der Waals surface area contributed by atoms with Gasteiger partial charge in [-0.25, -0.2) is 9.50 Å². The van der Waals surface area contributed by atoms with E-state index in [1.165, 1.54) is 0 Å². The van der Waals surface area contributed by atoms with E-state index in [-0.39, 0.29) is 11.8 Å². The minimum Gasteiger partial charge on any atom is -0.476 e. The van der Waals surface area contributed by atoms with Crippen molar-refractivity contribution >= 4 is 11.6 Å². The Morgan fingerprint density at radius 1 is 1.23 bits per heavy atom. The molecule has 0 aromatic carbocycles. The summed E-state index contributed by atoms with van der Waals surface area (Å²) in [6, 6.07) is 3.81. The van der Waals surface area contributed by atoms with Crippen LogP contribution in [0.25, 0.3) is 5.65 Å². The molecule has 0 radical (unpaired) electrons. The van der Waals surface area contributed by atoms with Crippen molar-refractivity contribution in [1.29, 1.82) is 0 Å². The van der Waals surface area contributed by atoms with Crippen molar-refractivity contribution in [2.24, 2.45) is 11.8 Å². The quantitative estimate of drug-likeness (QED) is 0.837. The number of ether oxygens (including phenoxy) is 1. The molecule has 2 saturated heterocycles.